The zero-order valence-electron chi connectivity index (χ0n) is 11.8. The van der Waals surface area contributed by atoms with E-state index in [1.165, 1.54) is 0 Å². The molecule has 0 fully saturated rings. The second kappa shape index (κ2) is 6.46. The molecule has 2 atom stereocenters. The maximum absolute atomic E-state index is 11.9. The number of primary amides is 1. The summed E-state index contributed by atoms with van der Waals surface area (Å²) in [6, 6.07) is 1.78. The molecule has 4 nitrogen and oxygen atoms in total. The summed E-state index contributed by atoms with van der Waals surface area (Å²) in [6.07, 6.45) is 15.3. The summed E-state index contributed by atoms with van der Waals surface area (Å²) in [5, 5.41) is 0. The number of nitrogens with two attached hydrogens (primary N) is 1. The van der Waals surface area contributed by atoms with Crippen LogP contribution in [0, 0.1) is 5.92 Å². The summed E-state index contributed by atoms with van der Waals surface area (Å²) >= 11 is 0. The fourth-order valence-electron chi connectivity index (χ4n) is 2.80. The molecule has 106 valence electrons. The molecule has 0 aromatic carbocycles. The minimum atomic E-state index is -0.503. The van der Waals surface area contributed by atoms with E-state index in [0.29, 0.717) is 5.82 Å². The molecular weight excluding hydrogens is 250 g/mol. The van der Waals surface area contributed by atoms with E-state index in [-0.39, 0.29) is 11.8 Å². The zero-order valence-corrected chi connectivity index (χ0v) is 11.8. The third-order valence-electron chi connectivity index (χ3n) is 3.85. The first-order chi connectivity index (χ1) is 9.70. The predicted octanol–water partition coefficient (Wildman–Crippen LogP) is 2.52. The van der Waals surface area contributed by atoms with Gasteiger partial charge in [0.15, 0.2) is 0 Å². The first kappa shape index (κ1) is 14.4. The average molecular weight is 271 g/mol. The Labute approximate surface area is 119 Å². The van der Waals surface area contributed by atoms with Gasteiger partial charge in [0.2, 0.25) is 5.91 Å². The third kappa shape index (κ3) is 2.79. The molecule has 1 aliphatic carbocycles. The maximum Gasteiger partial charge on any atom is 0.225 e. The van der Waals surface area contributed by atoms with E-state index in [9.17, 15) is 4.79 Å². The Hall–Kier alpha value is -1.97. The Bertz CT molecular complexity index is 510. The summed E-state index contributed by atoms with van der Waals surface area (Å²) in [7, 11) is 0. The van der Waals surface area contributed by atoms with Crippen LogP contribution in [0.25, 0.3) is 0 Å². The number of unbranched alkanes of at least 4 members (excludes halogenated alkanes) is 2. The van der Waals surface area contributed by atoms with Gasteiger partial charge in [-0.25, -0.2) is 9.97 Å². The van der Waals surface area contributed by atoms with Crippen molar-refractivity contribution in [3.8, 4) is 0 Å². The molecule has 1 aromatic rings. The Morgan fingerprint density at radius 2 is 2.05 bits per heavy atom. The minimum Gasteiger partial charge on any atom is -0.369 e. The predicted molar refractivity (Wildman–Crippen MR) is 78.8 cm³/mol. The topological polar surface area (TPSA) is 68.9 Å². The lowest BCUT2D eigenvalue weighted by atomic mass is 9.68. The first-order valence-electron chi connectivity index (χ1n) is 7.13. The summed E-state index contributed by atoms with van der Waals surface area (Å²) in [4.78, 5) is 20.6. The molecule has 1 amide bonds. The van der Waals surface area contributed by atoms with Gasteiger partial charge < -0.3 is 5.73 Å². The standard InChI is InChI=1S/C16H21N3O/c1-2-3-5-9-16(15-18-11-7-12-19-15)10-6-4-8-13(16)14(17)20/h4,6-8,10-13H,2-3,5,9H2,1H3,(H2,17,20). The van der Waals surface area contributed by atoms with Gasteiger partial charge in [-0.3, -0.25) is 4.79 Å². The van der Waals surface area contributed by atoms with Crippen molar-refractivity contribution in [3.05, 3.63) is 48.6 Å². The molecule has 2 N–H and O–H groups in total. The molecule has 0 bridgehead atoms. The highest BCUT2D eigenvalue weighted by Crippen LogP contribution is 2.39. The highest BCUT2D eigenvalue weighted by molar-refractivity contribution is 5.81. The molecule has 4 heteroatoms. The van der Waals surface area contributed by atoms with Crippen LogP contribution in [0.3, 0.4) is 0 Å². The molecule has 1 aromatic heterocycles. The van der Waals surface area contributed by atoms with E-state index in [1.54, 1.807) is 18.5 Å². The van der Waals surface area contributed by atoms with E-state index >= 15 is 0 Å². The minimum absolute atomic E-state index is 0.324. The molecule has 0 radical (unpaired) electrons. The van der Waals surface area contributed by atoms with Crippen LogP contribution in [0.1, 0.15) is 38.4 Å². The van der Waals surface area contributed by atoms with E-state index in [1.807, 2.05) is 24.3 Å². The SMILES string of the molecule is CCCCCC1(c2ncccn2)C=CC=CC1C(N)=O. The number of amides is 1. The summed E-state index contributed by atoms with van der Waals surface area (Å²) < 4.78 is 0. The van der Waals surface area contributed by atoms with Gasteiger partial charge in [-0.2, -0.15) is 0 Å². The van der Waals surface area contributed by atoms with Gasteiger partial charge in [-0.15, -0.1) is 0 Å². The lowest BCUT2D eigenvalue weighted by Crippen LogP contribution is -2.42. The van der Waals surface area contributed by atoms with Crippen LogP contribution in [0.5, 0.6) is 0 Å². The van der Waals surface area contributed by atoms with E-state index in [4.69, 9.17) is 5.73 Å². The van der Waals surface area contributed by atoms with Crippen LogP contribution in [0.2, 0.25) is 0 Å². The molecule has 2 rings (SSSR count). The Kier molecular flexibility index (Phi) is 4.66. The number of rotatable bonds is 6. The third-order valence-corrected chi connectivity index (χ3v) is 3.85. The van der Waals surface area contributed by atoms with Crippen LogP contribution in [0.15, 0.2) is 42.8 Å². The van der Waals surface area contributed by atoms with Crippen molar-refractivity contribution < 1.29 is 4.79 Å². The Morgan fingerprint density at radius 1 is 1.30 bits per heavy atom. The molecule has 1 aliphatic rings. The number of carbonyl (C=O) groups excluding carboxylic acids is 1. The second-order valence-corrected chi connectivity index (χ2v) is 5.19. The number of allylic oxidation sites excluding steroid dienone is 3. The van der Waals surface area contributed by atoms with Gasteiger partial charge in [-0.1, -0.05) is 50.5 Å². The van der Waals surface area contributed by atoms with Crippen LogP contribution in [-0.4, -0.2) is 15.9 Å². The van der Waals surface area contributed by atoms with Crippen LogP contribution < -0.4 is 5.73 Å². The average Bonchev–Trinajstić information content (AvgIpc) is 2.48. The largest absolute Gasteiger partial charge is 0.369 e. The van der Waals surface area contributed by atoms with E-state index in [2.05, 4.69) is 16.9 Å². The summed E-state index contributed by atoms with van der Waals surface area (Å²) in [6.45, 7) is 2.16. The summed E-state index contributed by atoms with van der Waals surface area (Å²) in [5.41, 5.74) is 5.10. The van der Waals surface area contributed by atoms with Crippen molar-refractivity contribution >= 4 is 5.91 Å². The maximum atomic E-state index is 11.9. The van der Waals surface area contributed by atoms with Crippen molar-refractivity contribution in [1.82, 2.24) is 9.97 Å². The Morgan fingerprint density at radius 3 is 2.70 bits per heavy atom. The van der Waals surface area contributed by atoms with Crippen molar-refractivity contribution in [1.29, 1.82) is 0 Å². The number of carbonyl (C=O) groups is 1. The molecule has 0 spiro atoms. The van der Waals surface area contributed by atoms with Gasteiger partial charge in [0, 0.05) is 12.4 Å². The zero-order chi connectivity index (χ0) is 14.4. The first-order valence-corrected chi connectivity index (χ1v) is 7.13. The van der Waals surface area contributed by atoms with Gasteiger partial charge >= 0.3 is 0 Å². The van der Waals surface area contributed by atoms with Crippen LogP contribution in [-0.2, 0) is 10.2 Å². The van der Waals surface area contributed by atoms with Crippen molar-refractivity contribution in [3.63, 3.8) is 0 Å². The highest BCUT2D eigenvalue weighted by atomic mass is 16.1. The van der Waals surface area contributed by atoms with Crippen LogP contribution >= 0.6 is 0 Å². The van der Waals surface area contributed by atoms with E-state index < -0.39 is 5.41 Å². The molecular formula is C16H21N3O. The van der Waals surface area contributed by atoms with Crippen molar-refractivity contribution in [2.24, 2.45) is 11.7 Å². The molecule has 0 aliphatic heterocycles. The number of aromatic nitrogens is 2. The van der Waals surface area contributed by atoms with Crippen LogP contribution in [0.4, 0.5) is 0 Å². The quantitative estimate of drug-likeness (QED) is 0.808. The number of hydrogen-bond donors (Lipinski definition) is 1. The second-order valence-electron chi connectivity index (χ2n) is 5.19. The van der Waals surface area contributed by atoms with E-state index in [0.717, 1.165) is 25.7 Å². The fraction of sp³-hybridized carbons (Fsp3) is 0.438. The van der Waals surface area contributed by atoms with Crippen molar-refractivity contribution in [2.45, 2.75) is 38.0 Å². The monoisotopic (exact) mass is 271 g/mol. The number of nitrogens with zero attached hydrogens (tertiary/aromatic N) is 2. The fourth-order valence-corrected chi connectivity index (χ4v) is 2.80. The Balaban J connectivity index is 2.40. The lowest BCUT2D eigenvalue weighted by molar-refractivity contribution is -0.122. The molecule has 0 saturated heterocycles. The normalized spacial score (nSPS) is 24.8. The molecule has 2 unspecified atom stereocenters. The molecule has 20 heavy (non-hydrogen) atoms. The van der Waals surface area contributed by atoms with Gasteiger partial charge in [0.25, 0.3) is 0 Å². The lowest BCUT2D eigenvalue weighted by Gasteiger charge is -2.35. The summed E-state index contributed by atoms with van der Waals surface area (Å²) in [5.74, 6) is -0.0261. The number of hydrogen-bond acceptors (Lipinski definition) is 3. The highest BCUT2D eigenvalue weighted by Gasteiger charge is 2.43. The van der Waals surface area contributed by atoms with Gasteiger partial charge in [-0.05, 0) is 12.5 Å². The van der Waals surface area contributed by atoms with Crippen molar-refractivity contribution in [2.75, 3.05) is 0 Å². The smallest absolute Gasteiger partial charge is 0.225 e. The molecule has 0 saturated carbocycles. The molecule has 1 heterocycles. The van der Waals surface area contributed by atoms with Gasteiger partial charge in [0.05, 0.1) is 11.3 Å². The van der Waals surface area contributed by atoms with Gasteiger partial charge in [0.1, 0.15) is 5.82 Å².